The molecule has 1 amide bonds. The molecule has 2 saturated heterocycles. The van der Waals surface area contributed by atoms with Crippen molar-refractivity contribution in [1.82, 2.24) is 24.8 Å². The summed E-state index contributed by atoms with van der Waals surface area (Å²) in [6.45, 7) is 3.83. The Morgan fingerprint density at radius 1 is 1.29 bits per heavy atom. The number of carbonyl (C=O) groups excluding carboxylic acids is 1. The first-order valence-electron chi connectivity index (χ1n) is 9.09. The first-order chi connectivity index (χ1) is 11.8. The zero-order chi connectivity index (χ0) is 16.4. The van der Waals surface area contributed by atoms with Crippen molar-refractivity contribution in [3.05, 3.63) is 30.2 Å². The van der Waals surface area contributed by atoms with Gasteiger partial charge in [0, 0.05) is 31.6 Å². The number of nitrogens with zero attached hydrogens (tertiary/aromatic N) is 4. The van der Waals surface area contributed by atoms with Crippen molar-refractivity contribution < 1.29 is 4.79 Å². The summed E-state index contributed by atoms with van der Waals surface area (Å²) in [7, 11) is 0. The number of pyridine rings is 1. The Balaban J connectivity index is 1.40. The summed E-state index contributed by atoms with van der Waals surface area (Å²) in [5.74, 6) is 2.26. The highest BCUT2D eigenvalue weighted by molar-refractivity contribution is 5.76. The molecule has 6 heteroatoms. The number of rotatable bonds is 4. The number of piperidine rings is 1. The van der Waals surface area contributed by atoms with Crippen LogP contribution in [-0.4, -0.2) is 51.6 Å². The van der Waals surface area contributed by atoms with Crippen LogP contribution in [0.15, 0.2) is 24.4 Å². The van der Waals surface area contributed by atoms with Gasteiger partial charge in [0.15, 0.2) is 5.65 Å². The van der Waals surface area contributed by atoms with Gasteiger partial charge in [-0.15, -0.1) is 10.2 Å². The molecule has 24 heavy (non-hydrogen) atoms. The maximum atomic E-state index is 12.6. The Morgan fingerprint density at radius 2 is 2.25 bits per heavy atom. The lowest BCUT2D eigenvalue weighted by Gasteiger charge is -2.32. The number of hydrogen-bond donors (Lipinski definition) is 1. The van der Waals surface area contributed by atoms with Crippen LogP contribution in [0.2, 0.25) is 0 Å². The second-order valence-electron chi connectivity index (χ2n) is 7.06. The zero-order valence-electron chi connectivity index (χ0n) is 14.0. The highest BCUT2D eigenvalue weighted by Gasteiger charge is 2.28. The predicted molar refractivity (Wildman–Crippen MR) is 91.8 cm³/mol. The van der Waals surface area contributed by atoms with E-state index in [-0.39, 0.29) is 5.92 Å². The Labute approximate surface area is 142 Å². The van der Waals surface area contributed by atoms with E-state index in [4.69, 9.17) is 0 Å². The van der Waals surface area contributed by atoms with Crippen LogP contribution in [0.3, 0.4) is 0 Å². The number of fused-ring (bicyclic) bond motifs is 1. The van der Waals surface area contributed by atoms with Crippen LogP contribution in [-0.2, 0) is 4.79 Å². The fourth-order valence-corrected chi connectivity index (χ4v) is 4.00. The van der Waals surface area contributed by atoms with Crippen molar-refractivity contribution in [2.24, 2.45) is 5.92 Å². The van der Waals surface area contributed by atoms with Gasteiger partial charge in [-0.05, 0) is 56.8 Å². The molecule has 2 unspecified atom stereocenters. The van der Waals surface area contributed by atoms with E-state index in [9.17, 15) is 4.79 Å². The number of likely N-dealkylation sites (tertiary alicyclic amines) is 1. The molecule has 2 aliphatic heterocycles. The molecule has 4 rings (SSSR count). The number of carbonyl (C=O) groups is 1. The van der Waals surface area contributed by atoms with Crippen LogP contribution in [0.4, 0.5) is 0 Å². The monoisotopic (exact) mass is 327 g/mol. The summed E-state index contributed by atoms with van der Waals surface area (Å²) < 4.78 is 2.06. The Bertz CT molecular complexity index is 706. The normalized spacial score (nSPS) is 24.6. The van der Waals surface area contributed by atoms with Crippen LogP contribution in [0.25, 0.3) is 5.65 Å². The molecule has 2 aromatic heterocycles. The molecule has 2 aromatic rings. The van der Waals surface area contributed by atoms with E-state index in [0.717, 1.165) is 56.9 Å². The van der Waals surface area contributed by atoms with Gasteiger partial charge < -0.3 is 10.2 Å². The number of hydrogen-bond acceptors (Lipinski definition) is 4. The van der Waals surface area contributed by atoms with Crippen LogP contribution in [0, 0.1) is 5.92 Å². The van der Waals surface area contributed by atoms with Crippen LogP contribution in [0.5, 0.6) is 0 Å². The SMILES string of the molecule is O=C(CCC1CCNC1)N1CCCC(c2nnc3ccccn23)C1. The minimum atomic E-state index is 0.285. The smallest absolute Gasteiger partial charge is 0.222 e. The lowest BCUT2D eigenvalue weighted by atomic mass is 9.96. The van der Waals surface area contributed by atoms with Crippen molar-refractivity contribution in [1.29, 1.82) is 0 Å². The van der Waals surface area contributed by atoms with Gasteiger partial charge in [-0.1, -0.05) is 6.07 Å². The van der Waals surface area contributed by atoms with Gasteiger partial charge in [-0.25, -0.2) is 0 Å². The highest BCUT2D eigenvalue weighted by atomic mass is 16.2. The van der Waals surface area contributed by atoms with E-state index in [2.05, 4.69) is 19.9 Å². The second kappa shape index (κ2) is 6.89. The molecule has 128 valence electrons. The molecule has 2 aliphatic rings. The fraction of sp³-hybridized carbons (Fsp3) is 0.611. The molecule has 2 atom stereocenters. The third-order valence-electron chi connectivity index (χ3n) is 5.41. The Kier molecular flexibility index (Phi) is 4.47. The molecule has 1 N–H and O–H groups in total. The second-order valence-corrected chi connectivity index (χ2v) is 7.06. The van der Waals surface area contributed by atoms with E-state index in [1.807, 2.05) is 29.3 Å². The number of nitrogens with one attached hydrogen (secondary N) is 1. The molecular formula is C18H25N5O. The van der Waals surface area contributed by atoms with E-state index in [1.54, 1.807) is 0 Å². The Morgan fingerprint density at radius 3 is 3.12 bits per heavy atom. The standard InChI is InChI=1S/C18H25N5O/c24-17(7-6-14-8-9-19-12-14)22-10-3-4-15(13-22)18-21-20-16-5-1-2-11-23(16)18/h1-2,5,11,14-15,19H,3-4,6-10,12-13H2. The van der Waals surface area contributed by atoms with Crippen LogP contribution >= 0.6 is 0 Å². The third kappa shape index (κ3) is 3.15. The van der Waals surface area contributed by atoms with Crippen molar-refractivity contribution in [2.45, 2.75) is 38.0 Å². The third-order valence-corrected chi connectivity index (χ3v) is 5.41. The van der Waals surface area contributed by atoms with Gasteiger partial charge in [-0.2, -0.15) is 0 Å². The number of amides is 1. The Hall–Kier alpha value is -1.95. The average molecular weight is 327 g/mol. The van der Waals surface area contributed by atoms with E-state index in [0.29, 0.717) is 18.2 Å². The van der Waals surface area contributed by atoms with Crippen molar-refractivity contribution in [3.8, 4) is 0 Å². The zero-order valence-corrected chi connectivity index (χ0v) is 14.0. The molecule has 6 nitrogen and oxygen atoms in total. The molecule has 0 aliphatic carbocycles. The molecule has 0 aromatic carbocycles. The van der Waals surface area contributed by atoms with Crippen molar-refractivity contribution in [2.75, 3.05) is 26.2 Å². The molecule has 0 radical (unpaired) electrons. The molecule has 2 fully saturated rings. The van der Waals surface area contributed by atoms with Gasteiger partial charge in [-0.3, -0.25) is 9.20 Å². The minimum absolute atomic E-state index is 0.285. The summed E-state index contributed by atoms with van der Waals surface area (Å²) in [6, 6.07) is 5.95. The van der Waals surface area contributed by atoms with Crippen molar-refractivity contribution >= 4 is 11.6 Å². The maximum Gasteiger partial charge on any atom is 0.222 e. The van der Waals surface area contributed by atoms with E-state index < -0.39 is 0 Å². The van der Waals surface area contributed by atoms with Crippen LogP contribution < -0.4 is 5.32 Å². The maximum absolute atomic E-state index is 12.6. The quantitative estimate of drug-likeness (QED) is 0.930. The topological polar surface area (TPSA) is 62.5 Å². The number of aromatic nitrogens is 3. The summed E-state index contributed by atoms with van der Waals surface area (Å²) in [5.41, 5.74) is 0.879. The van der Waals surface area contributed by atoms with Gasteiger partial charge in [0.2, 0.25) is 5.91 Å². The molecule has 0 bridgehead atoms. The van der Waals surface area contributed by atoms with E-state index in [1.165, 1.54) is 6.42 Å². The summed E-state index contributed by atoms with van der Waals surface area (Å²) >= 11 is 0. The average Bonchev–Trinajstić information content (AvgIpc) is 3.29. The van der Waals surface area contributed by atoms with Gasteiger partial charge >= 0.3 is 0 Å². The van der Waals surface area contributed by atoms with Gasteiger partial charge in [0.1, 0.15) is 5.82 Å². The van der Waals surface area contributed by atoms with Gasteiger partial charge in [0.25, 0.3) is 0 Å². The molecular weight excluding hydrogens is 302 g/mol. The molecule has 4 heterocycles. The van der Waals surface area contributed by atoms with Crippen LogP contribution in [0.1, 0.15) is 43.8 Å². The van der Waals surface area contributed by atoms with Gasteiger partial charge in [0.05, 0.1) is 0 Å². The summed E-state index contributed by atoms with van der Waals surface area (Å²) in [5, 5.41) is 12.0. The lowest BCUT2D eigenvalue weighted by molar-refractivity contribution is -0.132. The van der Waals surface area contributed by atoms with Crippen molar-refractivity contribution in [3.63, 3.8) is 0 Å². The first kappa shape index (κ1) is 15.6. The fourth-order valence-electron chi connectivity index (χ4n) is 4.00. The first-order valence-corrected chi connectivity index (χ1v) is 9.09. The molecule has 0 spiro atoms. The van der Waals surface area contributed by atoms with E-state index >= 15 is 0 Å². The highest BCUT2D eigenvalue weighted by Crippen LogP contribution is 2.27. The summed E-state index contributed by atoms with van der Waals surface area (Å²) in [6.07, 6.45) is 7.04. The summed E-state index contributed by atoms with van der Waals surface area (Å²) in [4.78, 5) is 14.6. The molecule has 0 saturated carbocycles. The minimum Gasteiger partial charge on any atom is -0.342 e. The largest absolute Gasteiger partial charge is 0.342 e. The lowest BCUT2D eigenvalue weighted by Crippen LogP contribution is -2.39. The predicted octanol–water partition coefficient (Wildman–Crippen LogP) is 1.82.